The number of hydrogen-bond acceptors (Lipinski definition) is 2. The molecule has 0 spiro atoms. The van der Waals surface area contributed by atoms with Crippen molar-refractivity contribution in [3.05, 3.63) is 145 Å². The van der Waals surface area contributed by atoms with Gasteiger partial charge < -0.3 is 9.13 Å². The Morgan fingerprint density at radius 1 is 0.364 bits per heavy atom. The van der Waals surface area contributed by atoms with Gasteiger partial charge in [-0.05, 0) is 60.4 Å². The Hall–Kier alpha value is -5.94. The van der Waals surface area contributed by atoms with Crippen molar-refractivity contribution < 1.29 is 0 Å². The highest BCUT2D eigenvalue weighted by Gasteiger charge is 2.22. The Bertz CT molecular complexity index is 3560. The summed E-state index contributed by atoms with van der Waals surface area (Å²) < 4.78 is 10.9. The van der Waals surface area contributed by atoms with Crippen LogP contribution in [-0.2, 0) is 13.1 Å². The highest BCUT2D eigenvalue weighted by molar-refractivity contribution is 7.27. The van der Waals surface area contributed by atoms with Gasteiger partial charge in [-0.2, -0.15) is 0 Å². The Kier molecular flexibility index (Phi) is 11.1. The second-order valence-electron chi connectivity index (χ2n) is 18.9. The van der Waals surface area contributed by atoms with Gasteiger partial charge in [0, 0.05) is 108 Å². The standard InChI is InChI=1S/C62H58N2S2/c1-3-5-7-9-11-21-37-63-53-27-17-13-25-49(53)57-41(39-51-45(59(57)63)33-35-47-43-23-15-19-29-55(43)65-61(47)51)31-32-42-40-52-46(34-36-48-44-24-16-20-30-56(44)66-62(48)52)60-58(42)50-26-14-18-28-54(50)64(60)38-22-12-10-8-6-4-2/h13-20,23-36,39-40H,3-12,21-22,37-38H2,1-2H3/b32-31+. The van der Waals surface area contributed by atoms with Crippen LogP contribution >= 0.6 is 22.7 Å². The third kappa shape index (κ3) is 6.94. The molecule has 0 atom stereocenters. The number of hydrogen-bond donors (Lipinski definition) is 0. The van der Waals surface area contributed by atoms with Gasteiger partial charge in [0.05, 0.1) is 11.0 Å². The van der Waals surface area contributed by atoms with Crippen molar-refractivity contribution in [2.75, 3.05) is 0 Å². The van der Waals surface area contributed by atoms with E-state index in [1.165, 1.54) is 194 Å². The van der Waals surface area contributed by atoms with E-state index in [-0.39, 0.29) is 0 Å². The molecule has 328 valence electrons. The number of aromatic nitrogens is 2. The van der Waals surface area contributed by atoms with Gasteiger partial charge in [0.1, 0.15) is 0 Å². The topological polar surface area (TPSA) is 9.86 Å². The Labute approximate surface area is 395 Å². The summed E-state index contributed by atoms with van der Waals surface area (Å²) in [6, 6.07) is 51.1. The predicted octanol–water partition coefficient (Wildman–Crippen LogP) is 19.8. The lowest BCUT2D eigenvalue weighted by Crippen LogP contribution is -1.99. The predicted molar refractivity (Wildman–Crippen MR) is 295 cm³/mol. The third-order valence-electron chi connectivity index (χ3n) is 14.7. The maximum atomic E-state index is 2.69. The molecule has 0 fully saturated rings. The molecule has 0 bridgehead atoms. The van der Waals surface area contributed by atoms with E-state index in [9.17, 15) is 0 Å². The van der Waals surface area contributed by atoms with Crippen LogP contribution in [0.15, 0.2) is 133 Å². The largest absolute Gasteiger partial charge is 0.340 e. The summed E-state index contributed by atoms with van der Waals surface area (Å²) in [5.74, 6) is 0. The maximum Gasteiger partial charge on any atom is 0.0577 e. The number of unbranched alkanes of at least 4 members (excludes halogenated alkanes) is 10. The molecular weight excluding hydrogens is 837 g/mol. The van der Waals surface area contributed by atoms with Crippen molar-refractivity contribution in [2.24, 2.45) is 0 Å². The van der Waals surface area contributed by atoms with E-state index in [0.717, 1.165) is 13.1 Å². The van der Waals surface area contributed by atoms with Crippen molar-refractivity contribution in [3.63, 3.8) is 0 Å². The highest BCUT2D eigenvalue weighted by Crippen LogP contribution is 2.47. The van der Waals surface area contributed by atoms with Crippen LogP contribution in [0.2, 0.25) is 0 Å². The molecule has 2 nitrogen and oxygen atoms in total. The van der Waals surface area contributed by atoms with Crippen molar-refractivity contribution in [1.29, 1.82) is 0 Å². The molecule has 4 aromatic heterocycles. The van der Waals surface area contributed by atoms with E-state index in [0.29, 0.717) is 0 Å². The van der Waals surface area contributed by atoms with Crippen LogP contribution in [0.3, 0.4) is 0 Å². The van der Waals surface area contributed by atoms with Crippen LogP contribution in [0, 0.1) is 0 Å². The minimum Gasteiger partial charge on any atom is -0.340 e. The summed E-state index contributed by atoms with van der Waals surface area (Å²) in [6.07, 6.45) is 20.4. The first-order valence-corrected chi connectivity index (χ1v) is 26.6. The molecule has 0 aliphatic heterocycles. The van der Waals surface area contributed by atoms with E-state index >= 15 is 0 Å². The van der Waals surface area contributed by atoms with Crippen LogP contribution in [0.4, 0.5) is 0 Å². The normalized spacial score (nSPS) is 12.6. The summed E-state index contributed by atoms with van der Waals surface area (Å²) in [5.41, 5.74) is 8.05. The molecule has 0 aliphatic rings. The summed E-state index contributed by atoms with van der Waals surface area (Å²) in [7, 11) is 0. The van der Waals surface area contributed by atoms with Gasteiger partial charge >= 0.3 is 0 Å². The number of rotatable bonds is 16. The van der Waals surface area contributed by atoms with Gasteiger partial charge in [-0.3, -0.25) is 0 Å². The van der Waals surface area contributed by atoms with E-state index in [4.69, 9.17) is 0 Å². The Balaban J connectivity index is 1.11. The van der Waals surface area contributed by atoms with Crippen molar-refractivity contribution in [1.82, 2.24) is 9.13 Å². The lowest BCUT2D eigenvalue weighted by Gasteiger charge is -2.13. The second-order valence-corrected chi connectivity index (χ2v) is 21.0. The molecule has 0 saturated carbocycles. The van der Waals surface area contributed by atoms with Crippen LogP contribution in [0.5, 0.6) is 0 Å². The second kappa shape index (κ2) is 17.7. The fourth-order valence-corrected chi connectivity index (χ4v) is 14.0. The number of fused-ring (bicyclic) bond motifs is 18. The first kappa shape index (κ1) is 41.5. The lowest BCUT2D eigenvalue weighted by atomic mass is 9.95. The zero-order chi connectivity index (χ0) is 44.1. The molecule has 0 radical (unpaired) electrons. The number of benzene rings is 8. The molecule has 8 aromatic carbocycles. The minimum absolute atomic E-state index is 1.03. The van der Waals surface area contributed by atoms with Crippen molar-refractivity contribution in [3.8, 4) is 0 Å². The molecule has 12 rings (SSSR count). The molecule has 0 N–H and O–H groups in total. The van der Waals surface area contributed by atoms with E-state index < -0.39 is 0 Å². The summed E-state index contributed by atoms with van der Waals surface area (Å²) in [5, 5.41) is 16.3. The molecule has 0 amide bonds. The van der Waals surface area contributed by atoms with Gasteiger partial charge in [-0.15, -0.1) is 22.7 Å². The third-order valence-corrected chi connectivity index (χ3v) is 17.2. The zero-order valence-electron chi connectivity index (χ0n) is 38.5. The fraction of sp³-hybridized carbons (Fsp3) is 0.258. The molecule has 4 heterocycles. The molecule has 4 heteroatoms. The van der Waals surface area contributed by atoms with Gasteiger partial charge in [-0.25, -0.2) is 0 Å². The van der Waals surface area contributed by atoms with Crippen molar-refractivity contribution in [2.45, 2.75) is 104 Å². The highest BCUT2D eigenvalue weighted by atomic mass is 32.1. The fourth-order valence-electron chi connectivity index (χ4n) is 11.5. The SMILES string of the molecule is CCCCCCCCn1c2ccccc2c2c(/C=C/c3cc4c(ccc5c6ccccc6sc54)c4c3c3ccccc3n4CCCCCCCC)cc3c(ccc4c5ccccc5sc43)c21. The molecular formula is C62H58N2S2. The first-order chi connectivity index (χ1) is 32.7. The summed E-state index contributed by atoms with van der Waals surface area (Å²) in [6.45, 7) is 6.67. The summed E-state index contributed by atoms with van der Waals surface area (Å²) in [4.78, 5) is 0. The number of nitrogens with zero attached hydrogens (tertiary/aromatic N) is 2. The smallest absolute Gasteiger partial charge is 0.0577 e. The molecule has 66 heavy (non-hydrogen) atoms. The van der Waals surface area contributed by atoms with E-state index in [1.807, 2.05) is 22.7 Å². The molecule has 0 unspecified atom stereocenters. The van der Waals surface area contributed by atoms with Gasteiger partial charge in [0.25, 0.3) is 0 Å². The monoisotopic (exact) mass is 894 g/mol. The average molecular weight is 895 g/mol. The van der Waals surface area contributed by atoms with Gasteiger partial charge in [0.2, 0.25) is 0 Å². The maximum absolute atomic E-state index is 2.69. The van der Waals surface area contributed by atoms with E-state index in [1.54, 1.807) is 0 Å². The van der Waals surface area contributed by atoms with Gasteiger partial charge in [-0.1, -0.05) is 187 Å². The number of aryl methyl sites for hydroxylation is 2. The van der Waals surface area contributed by atoms with Crippen molar-refractivity contribution >= 4 is 140 Å². The minimum atomic E-state index is 1.03. The molecule has 0 aliphatic carbocycles. The molecule has 12 aromatic rings. The zero-order valence-corrected chi connectivity index (χ0v) is 40.1. The lowest BCUT2D eigenvalue weighted by molar-refractivity contribution is 0.571. The quantitative estimate of drug-likeness (QED) is 0.0676. The van der Waals surface area contributed by atoms with Crippen LogP contribution < -0.4 is 0 Å². The van der Waals surface area contributed by atoms with Crippen LogP contribution in [-0.4, -0.2) is 9.13 Å². The van der Waals surface area contributed by atoms with Gasteiger partial charge in [0.15, 0.2) is 0 Å². The first-order valence-electron chi connectivity index (χ1n) is 25.0. The number of para-hydroxylation sites is 2. The average Bonchev–Trinajstić information content (AvgIpc) is 4.11. The van der Waals surface area contributed by atoms with E-state index in [2.05, 4.69) is 169 Å². The van der Waals surface area contributed by atoms with Crippen LogP contribution in [0.25, 0.3) is 118 Å². The Morgan fingerprint density at radius 2 is 0.742 bits per heavy atom. The van der Waals surface area contributed by atoms with Crippen LogP contribution in [0.1, 0.15) is 102 Å². The summed E-state index contributed by atoms with van der Waals surface area (Å²) >= 11 is 3.90. The Morgan fingerprint density at radius 3 is 1.20 bits per heavy atom. The molecule has 0 saturated heterocycles. The number of thiophene rings is 2.